The molecule has 164 valence electrons. The summed E-state index contributed by atoms with van der Waals surface area (Å²) in [6.07, 6.45) is 2.04. The van der Waals surface area contributed by atoms with Gasteiger partial charge < -0.3 is 9.47 Å². The van der Waals surface area contributed by atoms with Crippen LogP contribution < -0.4 is 14.4 Å². The molecule has 0 aliphatic carbocycles. The van der Waals surface area contributed by atoms with Gasteiger partial charge >= 0.3 is 0 Å². The molecule has 1 heterocycles. The predicted molar refractivity (Wildman–Crippen MR) is 130 cm³/mol. The van der Waals surface area contributed by atoms with Gasteiger partial charge in [-0.25, -0.2) is 4.98 Å². The predicted octanol–water partition coefficient (Wildman–Crippen LogP) is 6.33. The first-order valence-corrected chi connectivity index (χ1v) is 11.5. The van der Waals surface area contributed by atoms with Crippen LogP contribution in [0.1, 0.15) is 35.7 Å². The summed E-state index contributed by atoms with van der Waals surface area (Å²) in [4.78, 5) is 20.1. The number of hydrogen-bond donors (Lipinski definition) is 0. The Labute approximate surface area is 192 Å². The molecular formula is C26H26N2O3S. The SMILES string of the molecule is CCCCOc1cccc(C(=O)N(Cc2ccccc2)c2nc3cc(OC)ccc3s2)c1. The van der Waals surface area contributed by atoms with Crippen molar-refractivity contribution in [1.82, 2.24) is 4.98 Å². The zero-order valence-electron chi connectivity index (χ0n) is 18.3. The molecular weight excluding hydrogens is 420 g/mol. The maximum Gasteiger partial charge on any atom is 0.260 e. The van der Waals surface area contributed by atoms with Crippen molar-refractivity contribution in [2.45, 2.75) is 26.3 Å². The number of carbonyl (C=O) groups is 1. The molecule has 0 aliphatic heterocycles. The summed E-state index contributed by atoms with van der Waals surface area (Å²) in [6.45, 7) is 3.19. The highest BCUT2D eigenvalue weighted by atomic mass is 32.1. The smallest absolute Gasteiger partial charge is 0.260 e. The first-order valence-electron chi connectivity index (χ1n) is 10.7. The number of hydrogen-bond acceptors (Lipinski definition) is 5. The van der Waals surface area contributed by atoms with Crippen molar-refractivity contribution in [3.63, 3.8) is 0 Å². The Kier molecular flexibility index (Phi) is 7.02. The zero-order chi connectivity index (χ0) is 22.3. The molecule has 32 heavy (non-hydrogen) atoms. The molecule has 0 radical (unpaired) electrons. The van der Waals surface area contributed by atoms with E-state index in [-0.39, 0.29) is 5.91 Å². The molecule has 0 saturated heterocycles. The second-order valence-corrected chi connectivity index (χ2v) is 8.45. The van der Waals surface area contributed by atoms with Crippen molar-refractivity contribution in [3.8, 4) is 11.5 Å². The Morgan fingerprint density at radius 1 is 1.00 bits per heavy atom. The second-order valence-electron chi connectivity index (χ2n) is 7.44. The Bertz CT molecular complexity index is 1190. The lowest BCUT2D eigenvalue weighted by molar-refractivity contribution is 0.0984. The Balaban J connectivity index is 1.68. The number of nitrogens with zero attached hydrogens (tertiary/aromatic N) is 2. The van der Waals surface area contributed by atoms with Crippen molar-refractivity contribution < 1.29 is 14.3 Å². The van der Waals surface area contributed by atoms with Gasteiger partial charge in [-0.15, -0.1) is 0 Å². The highest BCUT2D eigenvalue weighted by Crippen LogP contribution is 2.33. The van der Waals surface area contributed by atoms with Gasteiger partial charge in [0.15, 0.2) is 5.13 Å². The molecule has 3 aromatic carbocycles. The molecule has 4 rings (SSSR count). The van der Waals surface area contributed by atoms with E-state index in [1.165, 1.54) is 11.3 Å². The molecule has 0 atom stereocenters. The Morgan fingerprint density at radius 3 is 2.62 bits per heavy atom. The molecule has 0 bridgehead atoms. The largest absolute Gasteiger partial charge is 0.497 e. The minimum atomic E-state index is -0.110. The molecule has 0 fully saturated rings. The number of unbranched alkanes of at least 4 members (excludes halogenated alkanes) is 1. The first kappa shape index (κ1) is 21.8. The van der Waals surface area contributed by atoms with E-state index in [2.05, 4.69) is 6.92 Å². The fourth-order valence-electron chi connectivity index (χ4n) is 3.34. The van der Waals surface area contributed by atoms with Crippen LogP contribution in [0.5, 0.6) is 11.5 Å². The molecule has 6 heteroatoms. The average molecular weight is 447 g/mol. The molecule has 0 N–H and O–H groups in total. The van der Waals surface area contributed by atoms with Crippen molar-refractivity contribution in [2.75, 3.05) is 18.6 Å². The number of methoxy groups -OCH3 is 1. The van der Waals surface area contributed by atoms with Crippen molar-refractivity contribution in [1.29, 1.82) is 0 Å². The van der Waals surface area contributed by atoms with Gasteiger partial charge in [0.25, 0.3) is 5.91 Å². The number of ether oxygens (including phenoxy) is 2. The van der Waals surface area contributed by atoms with Crippen LogP contribution >= 0.6 is 11.3 Å². The lowest BCUT2D eigenvalue weighted by atomic mass is 10.1. The van der Waals surface area contributed by atoms with Crippen LogP contribution in [0.25, 0.3) is 10.2 Å². The fraction of sp³-hybridized carbons (Fsp3) is 0.231. The third kappa shape index (κ3) is 5.08. The molecule has 1 aromatic heterocycles. The third-order valence-electron chi connectivity index (χ3n) is 5.09. The van der Waals surface area contributed by atoms with Gasteiger partial charge in [0.1, 0.15) is 11.5 Å². The number of thiazole rings is 1. The minimum Gasteiger partial charge on any atom is -0.497 e. The van der Waals surface area contributed by atoms with Crippen LogP contribution in [0, 0.1) is 0 Å². The quantitative estimate of drug-likeness (QED) is 0.282. The van der Waals surface area contributed by atoms with Gasteiger partial charge in [0.2, 0.25) is 0 Å². The van der Waals surface area contributed by atoms with Crippen LogP contribution in [0.2, 0.25) is 0 Å². The van der Waals surface area contributed by atoms with E-state index in [9.17, 15) is 4.79 Å². The second kappa shape index (κ2) is 10.3. The number of fused-ring (bicyclic) bond motifs is 1. The summed E-state index contributed by atoms with van der Waals surface area (Å²) < 4.78 is 12.1. The number of rotatable bonds is 9. The number of carbonyl (C=O) groups excluding carboxylic acids is 1. The summed E-state index contributed by atoms with van der Waals surface area (Å²) in [7, 11) is 1.63. The molecule has 4 aromatic rings. The number of aromatic nitrogens is 1. The maximum atomic E-state index is 13.6. The van der Waals surface area contributed by atoms with Crippen molar-refractivity contribution in [3.05, 3.63) is 83.9 Å². The van der Waals surface area contributed by atoms with E-state index >= 15 is 0 Å². The van der Waals surface area contributed by atoms with Crippen LogP contribution in [0.15, 0.2) is 72.8 Å². The lowest BCUT2D eigenvalue weighted by Gasteiger charge is -2.20. The Hall–Kier alpha value is -3.38. The normalized spacial score (nSPS) is 10.8. The van der Waals surface area contributed by atoms with Gasteiger partial charge in [0.05, 0.1) is 30.5 Å². The molecule has 0 saturated carbocycles. The third-order valence-corrected chi connectivity index (χ3v) is 6.15. The van der Waals surface area contributed by atoms with E-state index in [1.807, 2.05) is 72.8 Å². The van der Waals surface area contributed by atoms with Crippen molar-refractivity contribution >= 4 is 32.6 Å². The standard InChI is InChI=1S/C26H26N2O3S/c1-3-4-15-31-22-12-8-11-20(16-22)25(29)28(18-19-9-6-5-7-10-19)26-27-23-17-21(30-2)13-14-24(23)32-26/h5-14,16-17H,3-4,15,18H2,1-2H3. The van der Waals surface area contributed by atoms with E-state index < -0.39 is 0 Å². The van der Waals surface area contributed by atoms with Crippen molar-refractivity contribution in [2.24, 2.45) is 0 Å². The van der Waals surface area contributed by atoms with Crippen LogP contribution in [-0.4, -0.2) is 24.6 Å². The summed E-state index contributed by atoms with van der Waals surface area (Å²) in [5.74, 6) is 1.34. The lowest BCUT2D eigenvalue weighted by Crippen LogP contribution is -2.30. The van der Waals surface area contributed by atoms with E-state index in [0.717, 1.165) is 34.4 Å². The van der Waals surface area contributed by atoms with Gasteiger partial charge in [-0.05, 0) is 42.3 Å². The van der Waals surface area contributed by atoms with Gasteiger partial charge in [0, 0.05) is 11.6 Å². The summed E-state index contributed by atoms with van der Waals surface area (Å²) >= 11 is 1.50. The molecule has 0 spiro atoms. The topological polar surface area (TPSA) is 51.7 Å². The van der Waals surface area contributed by atoms with Crippen LogP contribution in [-0.2, 0) is 6.54 Å². The highest BCUT2D eigenvalue weighted by molar-refractivity contribution is 7.22. The highest BCUT2D eigenvalue weighted by Gasteiger charge is 2.22. The van der Waals surface area contributed by atoms with Gasteiger partial charge in [-0.3, -0.25) is 9.69 Å². The van der Waals surface area contributed by atoms with E-state index in [4.69, 9.17) is 14.5 Å². The molecule has 5 nitrogen and oxygen atoms in total. The Morgan fingerprint density at radius 2 is 1.84 bits per heavy atom. The molecule has 1 amide bonds. The first-order chi connectivity index (χ1) is 15.7. The van der Waals surface area contributed by atoms with E-state index in [1.54, 1.807) is 12.0 Å². The zero-order valence-corrected chi connectivity index (χ0v) is 19.1. The van der Waals surface area contributed by atoms with Gasteiger partial charge in [-0.1, -0.05) is 61.1 Å². The number of benzene rings is 3. The summed E-state index contributed by atoms with van der Waals surface area (Å²) in [5, 5.41) is 0.652. The van der Waals surface area contributed by atoms with Crippen LogP contribution in [0.3, 0.4) is 0 Å². The summed E-state index contributed by atoms with van der Waals surface area (Å²) in [5.41, 5.74) is 2.42. The minimum absolute atomic E-state index is 0.110. The van der Waals surface area contributed by atoms with E-state index in [0.29, 0.717) is 29.6 Å². The average Bonchev–Trinajstić information content (AvgIpc) is 3.26. The monoisotopic (exact) mass is 446 g/mol. The number of amides is 1. The maximum absolute atomic E-state index is 13.6. The van der Waals surface area contributed by atoms with Gasteiger partial charge in [-0.2, -0.15) is 0 Å². The number of anilines is 1. The van der Waals surface area contributed by atoms with Crippen LogP contribution in [0.4, 0.5) is 5.13 Å². The molecule has 0 unspecified atom stereocenters. The summed E-state index contributed by atoms with van der Waals surface area (Å²) in [6, 6.07) is 23.1. The fourth-order valence-corrected chi connectivity index (χ4v) is 4.28. The molecule has 0 aliphatic rings.